The highest BCUT2D eigenvalue weighted by molar-refractivity contribution is 5.75. The van der Waals surface area contributed by atoms with E-state index < -0.39 is 0 Å². The molecule has 2 spiro atoms. The van der Waals surface area contributed by atoms with Gasteiger partial charge in [-0.15, -0.1) is 0 Å². The van der Waals surface area contributed by atoms with Gasteiger partial charge in [-0.2, -0.15) is 9.97 Å². The van der Waals surface area contributed by atoms with E-state index in [4.69, 9.17) is 21.4 Å². The number of aromatic nitrogens is 4. The van der Waals surface area contributed by atoms with Crippen LogP contribution in [0.25, 0.3) is 22.5 Å². The predicted molar refractivity (Wildman–Crippen MR) is 201 cm³/mol. The largest absolute Gasteiger partial charge is 0.368 e. The highest BCUT2D eigenvalue weighted by Crippen LogP contribution is 2.41. The fourth-order valence-electron chi connectivity index (χ4n) is 9.80. The van der Waals surface area contributed by atoms with Crippen LogP contribution in [-0.4, -0.2) is 70.3 Å². The molecule has 2 unspecified atom stereocenters. The molecule has 0 radical (unpaired) electrons. The van der Waals surface area contributed by atoms with Gasteiger partial charge in [-0.05, 0) is 101 Å². The van der Waals surface area contributed by atoms with E-state index in [1.165, 1.54) is 71.9 Å². The Bertz CT molecular complexity index is 1760. The van der Waals surface area contributed by atoms with Gasteiger partial charge in [0.1, 0.15) is 11.6 Å². The number of nitrogen functional groups attached to an aromatic ring is 2. The second kappa shape index (κ2) is 12.8. The summed E-state index contributed by atoms with van der Waals surface area (Å²) >= 11 is 0. The summed E-state index contributed by atoms with van der Waals surface area (Å²) in [5.41, 5.74) is 22.7. The number of fused-ring (bicyclic) bond motifs is 6. The summed E-state index contributed by atoms with van der Waals surface area (Å²) in [5, 5.41) is 7.48. The topological polar surface area (TPSA) is 134 Å². The number of anilines is 4. The van der Waals surface area contributed by atoms with Crippen molar-refractivity contribution in [3.05, 3.63) is 70.8 Å². The van der Waals surface area contributed by atoms with Crippen LogP contribution in [0, 0.1) is 0 Å². The van der Waals surface area contributed by atoms with E-state index >= 15 is 0 Å². The van der Waals surface area contributed by atoms with Crippen LogP contribution in [0.15, 0.2) is 48.5 Å². The van der Waals surface area contributed by atoms with Crippen LogP contribution in [0.3, 0.4) is 0 Å². The summed E-state index contributed by atoms with van der Waals surface area (Å²) in [6.07, 6.45) is 14.0. The lowest BCUT2D eigenvalue weighted by molar-refractivity contribution is 0.418. The third-order valence-electron chi connectivity index (χ3n) is 12.3. The quantitative estimate of drug-likeness (QED) is 0.229. The SMILES string of the molecule is Nc1nc2c(c(N3CCC4(CCCN4)C3)n1)CCCc1ccccc1-2.Nc1nc2c(c(N3CCC4(CCCN4)C3)n1)CCCc1ccccc1-2. The molecule has 0 saturated carbocycles. The molecule has 4 fully saturated rings. The zero-order chi connectivity index (χ0) is 33.7. The Labute approximate surface area is 295 Å². The predicted octanol–water partition coefficient (Wildman–Crippen LogP) is 5.09. The van der Waals surface area contributed by atoms with Crippen molar-refractivity contribution < 1.29 is 0 Å². The maximum Gasteiger partial charge on any atom is 0.222 e. The van der Waals surface area contributed by atoms with Crippen molar-refractivity contribution in [2.75, 3.05) is 60.5 Å². The maximum atomic E-state index is 6.14. The van der Waals surface area contributed by atoms with Crippen LogP contribution in [0.2, 0.25) is 0 Å². The van der Waals surface area contributed by atoms with Gasteiger partial charge in [0, 0.05) is 59.5 Å². The second-order valence-corrected chi connectivity index (χ2v) is 15.5. The Morgan fingerprint density at radius 2 is 1.00 bits per heavy atom. The smallest absolute Gasteiger partial charge is 0.222 e. The first-order valence-corrected chi connectivity index (χ1v) is 19.0. The number of nitrogens with one attached hydrogen (secondary N) is 2. The van der Waals surface area contributed by atoms with Gasteiger partial charge >= 0.3 is 0 Å². The molecule has 10 nitrogen and oxygen atoms in total. The molecule has 6 heterocycles. The van der Waals surface area contributed by atoms with Gasteiger partial charge in [0.2, 0.25) is 11.9 Å². The molecule has 6 aliphatic rings. The van der Waals surface area contributed by atoms with Gasteiger partial charge < -0.3 is 31.9 Å². The standard InChI is InChI=1S/2C20H25N5/c2*21-19-23-17-15-7-2-1-5-14(15)6-3-8-16(17)18(24-19)25-12-10-20(13-25)9-4-11-22-20/h2*1-2,5,7,22H,3-4,6,8-13H2,(H2,21,23,24). The van der Waals surface area contributed by atoms with Crippen LogP contribution in [0.5, 0.6) is 0 Å². The third kappa shape index (κ3) is 5.76. The normalized spacial score (nSPS) is 25.0. The average molecular weight is 671 g/mol. The summed E-state index contributed by atoms with van der Waals surface area (Å²) in [4.78, 5) is 23.6. The number of nitrogens with zero attached hydrogens (tertiary/aromatic N) is 6. The van der Waals surface area contributed by atoms with Crippen molar-refractivity contribution in [1.29, 1.82) is 0 Å². The summed E-state index contributed by atoms with van der Waals surface area (Å²) in [7, 11) is 0. The van der Waals surface area contributed by atoms with E-state index in [1.54, 1.807) is 0 Å². The van der Waals surface area contributed by atoms with E-state index in [2.05, 4.69) is 78.9 Å². The minimum Gasteiger partial charge on any atom is -0.368 e. The molecule has 50 heavy (non-hydrogen) atoms. The van der Waals surface area contributed by atoms with Crippen molar-refractivity contribution in [2.45, 2.75) is 88.1 Å². The third-order valence-corrected chi connectivity index (χ3v) is 12.3. The number of benzene rings is 2. The lowest BCUT2D eigenvalue weighted by Crippen LogP contribution is -2.42. The zero-order valence-electron chi connectivity index (χ0n) is 29.2. The molecule has 260 valence electrons. The molecule has 4 aromatic rings. The Hall–Kier alpha value is -4.28. The van der Waals surface area contributed by atoms with Crippen molar-refractivity contribution in [3.8, 4) is 22.5 Å². The molecule has 4 saturated heterocycles. The number of nitrogens with two attached hydrogens (primary N) is 2. The first-order valence-electron chi connectivity index (χ1n) is 19.0. The van der Waals surface area contributed by atoms with Crippen LogP contribution in [0.4, 0.5) is 23.5 Å². The minimum absolute atomic E-state index is 0.287. The van der Waals surface area contributed by atoms with Crippen LogP contribution >= 0.6 is 0 Å². The average Bonchev–Trinajstić information content (AvgIpc) is 3.93. The molecule has 10 heteroatoms. The summed E-state index contributed by atoms with van der Waals surface area (Å²) in [6, 6.07) is 17.2. The van der Waals surface area contributed by atoms with Crippen molar-refractivity contribution >= 4 is 23.5 Å². The second-order valence-electron chi connectivity index (χ2n) is 15.5. The van der Waals surface area contributed by atoms with E-state index in [9.17, 15) is 0 Å². The fraction of sp³-hybridized carbons (Fsp3) is 0.500. The van der Waals surface area contributed by atoms with E-state index in [-0.39, 0.29) is 11.1 Å². The lowest BCUT2D eigenvalue weighted by atomic mass is 9.97. The van der Waals surface area contributed by atoms with Gasteiger partial charge in [0.25, 0.3) is 0 Å². The van der Waals surface area contributed by atoms with Gasteiger partial charge in [0.05, 0.1) is 11.4 Å². The van der Waals surface area contributed by atoms with Gasteiger partial charge in [-0.1, -0.05) is 48.5 Å². The molecule has 6 N–H and O–H groups in total. The molecular weight excluding hydrogens is 621 g/mol. The zero-order valence-corrected chi connectivity index (χ0v) is 29.2. The number of aryl methyl sites for hydroxylation is 2. The van der Waals surface area contributed by atoms with Crippen molar-refractivity contribution in [3.63, 3.8) is 0 Å². The molecular formula is C40H50N10. The van der Waals surface area contributed by atoms with Gasteiger partial charge in [-0.25, -0.2) is 9.97 Å². The molecule has 2 aromatic carbocycles. The maximum absolute atomic E-state index is 6.14. The number of rotatable bonds is 2. The highest BCUT2D eigenvalue weighted by Gasteiger charge is 2.42. The first-order chi connectivity index (χ1) is 24.5. The molecule has 2 atom stereocenters. The fourth-order valence-corrected chi connectivity index (χ4v) is 9.80. The van der Waals surface area contributed by atoms with Crippen LogP contribution in [0.1, 0.15) is 73.6 Å². The van der Waals surface area contributed by atoms with E-state index in [0.717, 1.165) is 101 Å². The Morgan fingerprint density at radius 1 is 0.540 bits per heavy atom. The summed E-state index contributed by atoms with van der Waals surface area (Å²) < 4.78 is 0. The Morgan fingerprint density at radius 3 is 1.44 bits per heavy atom. The number of hydrogen-bond acceptors (Lipinski definition) is 10. The van der Waals surface area contributed by atoms with E-state index in [1.807, 2.05) is 0 Å². The van der Waals surface area contributed by atoms with E-state index in [0.29, 0.717) is 11.9 Å². The highest BCUT2D eigenvalue weighted by atomic mass is 15.3. The van der Waals surface area contributed by atoms with Crippen molar-refractivity contribution in [1.82, 2.24) is 30.6 Å². The first kappa shape index (κ1) is 31.7. The van der Waals surface area contributed by atoms with Crippen molar-refractivity contribution in [2.24, 2.45) is 0 Å². The monoisotopic (exact) mass is 670 g/mol. The van der Waals surface area contributed by atoms with Crippen LogP contribution in [-0.2, 0) is 25.7 Å². The molecule has 10 rings (SSSR count). The molecule has 0 amide bonds. The van der Waals surface area contributed by atoms with Gasteiger partial charge in [-0.3, -0.25) is 0 Å². The molecule has 4 aliphatic heterocycles. The minimum atomic E-state index is 0.287. The summed E-state index contributed by atoms with van der Waals surface area (Å²) in [5.74, 6) is 2.94. The summed E-state index contributed by atoms with van der Waals surface area (Å²) in [6.45, 7) is 6.47. The molecule has 2 aliphatic carbocycles. The lowest BCUT2D eigenvalue weighted by Gasteiger charge is -2.26. The Balaban J connectivity index is 0.000000135. The van der Waals surface area contributed by atoms with Crippen LogP contribution < -0.4 is 31.9 Å². The van der Waals surface area contributed by atoms with Gasteiger partial charge in [0.15, 0.2) is 0 Å². The number of hydrogen-bond donors (Lipinski definition) is 4. The Kier molecular flexibility index (Phi) is 8.11. The molecule has 0 bridgehead atoms. The molecule has 2 aromatic heterocycles.